The molecule has 1 saturated heterocycles. The van der Waals surface area contributed by atoms with Crippen LogP contribution < -0.4 is 5.32 Å². The third kappa shape index (κ3) is 4.95. The number of carbonyl (C=O) groups excluding carboxylic acids is 3. The van der Waals surface area contributed by atoms with E-state index in [0.717, 1.165) is 0 Å². The first-order valence-electron chi connectivity index (χ1n) is 9.05. The van der Waals surface area contributed by atoms with Gasteiger partial charge in [-0.1, -0.05) is 36.4 Å². The molecule has 1 aliphatic rings. The zero-order valence-corrected chi connectivity index (χ0v) is 15.6. The Hall–Kier alpha value is -3.19. The summed E-state index contributed by atoms with van der Waals surface area (Å²) in [5.74, 6) is -1.15. The lowest BCUT2D eigenvalue weighted by atomic mass is 10.1. The number of anilines is 1. The van der Waals surface area contributed by atoms with Crippen LogP contribution in [0.15, 0.2) is 54.6 Å². The van der Waals surface area contributed by atoms with Crippen LogP contribution in [-0.2, 0) is 19.1 Å². The Kier molecular flexibility index (Phi) is 6.39. The minimum atomic E-state index is -1.05. The molecule has 3 rings (SSSR count). The van der Waals surface area contributed by atoms with Gasteiger partial charge in [-0.15, -0.1) is 0 Å². The second kappa shape index (κ2) is 9.14. The number of carbonyl (C=O) groups is 3. The van der Waals surface area contributed by atoms with Crippen molar-refractivity contribution in [2.75, 3.05) is 31.6 Å². The van der Waals surface area contributed by atoms with Crippen LogP contribution in [0.25, 0.3) is 0 Å². The highest BCUT2D eigenvalue weighted by atomic mass is 16.5. The topological polar surface area (TPSA) is 84.9 Å². The van der Waals surface area contributed by atoms with Gasteiger partial charge in [-0.3, -0.25) is 9.59 Å². The Morgan fingerprint density at radius 1 is 1.04 bits per heavy atom. The van der Waals surface area contributed by atoms with Crippen molar-refractivity contribution >= 4 is 23.5 Å². The molecule has 0 aliphatic carbocycles. The largest absolute Gasteiger partial charge is 0.444 e. The number of nitrogens with zero attached hydrogens (tertiary/aromatic N) is 1. The minimum absolute atomic E-state index is 0.241. The summed E-state index contributed by atoms with van der Waals surface area (Å²) in [4.78, 5) is 38.6. The number of rotatable bonds is 5. The smallest absolute Gasteiger partial charge is 0.339 e. The molecule has 28 heavy (non-hydrogen) atoms. The van der Waals surface area contributed by atoms with Gasteiger partial charge in [0.15, 0.2) is 0 Å². The van der Waals surface area contributed by atoms with Crippen LogP contribution in [0.2, 0.25) is 0 Å². The van der Waals surface area contributed by atoms with Gasteiger partial charge in [-0.2, -0.15) is 0 Å². The predicted molar refractivity (Wildman–Crippen MR) is 103 cm³/mol. The summed E-state index contributed by atoms with van der Waals surface area (Å²) in [7, 11) is 0. The van der Waals surface area contributed by atoms with Crippen LogP contribution in [0, 0.1) is 0 Å². The van der Waals surface area contributed by atoms with Crippen molar-refractivity contribution in [3.05, 3.63) is 65.7 Å². The van der Waals surface area contributed by atoms with Gasteiger partial charge in [-0.25, -0.2) is 4.79 Å². The average Bonchev–Trinajstić information content (AvgIpc) is 2.72. The molecule has 1 fully saturated rings. The van der Waals surface area contributed by atoms with E-state index < -0.39 is 12.1 Å². The maximum Gasteiger partial charge on any atom is 0.339 e. The molecule has 1 aliphatic heterocycles. The molecular formula is C21H22N2O5. The van der Waals surface area contributed by atoms with Gasteiger partial charge in [0.2, 0.25) is 12.0 Å². The van der Waals surface area contributed by atoms with Crippen molar-refractivity contribution in [1.29, 1.82) is 0 Å². The zero-order chi connectivity index (χ0) is 19.9. The summed E-state index contributed by atoms with van der Waals surface area (Å²) in [5.41, 5.74) is 1.34. The molecule has 2 aromatic rings. The van der Waals surface area contributed by atoms with E-state index in [1.54, 1.807) is 47.4 Å². The van der Waals surface area contributed by atoms with Gasteiger partial charge < -0.3 is 19.7 Å². The van der Waals surface area contributed by atoms with E-state index in [-0.39, 0.29) is 17.4 Å². The third-order valence-corrected chi connectivity index (χ3v) is 4.29. The molecule has 1 N–H and O–H groups in total. The highest BCUT2D eigenvalue weighted by Gasteiger charge is 2.30. The molecule has 0 bridgehead atoms. The molecule has 0 unspecified atom stereocenters. The van der Waals surface area contributed by atoms with E-state index in [1.807, 2.05) is 6.07 Å². The average molecular weight is 382 g/mol. The van der Waals surface area contributed by atoms with Gasteiger partial charge >= 0.3 is 5.97 Å². The number of nitrogens with one attached hydrogen (secondary N) is 1. The highest BCUT2D eigenvalue weighted by molar-refractivity contribution is 5.95. The third-order valence-electron chi connectivity index (χ3n) is 4.29. The summed E-state index contributed by atoms with van der Waals surface area (Å²) in [6, 6.07) is 15.3. The second-order valence-electron chi connectivity index (χ2n) is 6.40. The molecule has 1 heterocycles. The van der Waals surface area contributed by atoms with Gasteiger partial charge in [0, 0.05) is 31.3 Å². The van der Waals surface area contributed by atoms with E-state index in [2.05, 4.69) is 5.32 Å². The number of morpholine rings is 1. The molecule has 0 radical (unpaired) electrons. The van der Waals surface area contributed by atoms with Crippen molar-refractivity contribution < 1.29 is 23.9 Å². The second-order valence-corrected chi connectivity index (χ2v) is 6.40. The van der Waals surface area contributed by atoms with Crippen LogP contribution in [-0.4, -0.2) is 49.0 Å². The van der Waals surface area contributed by atoms with Crippen LogP contribution >= 0.6 is 0 Å². The van der Waals surface area contributed by atoms with E-state index in [4.69, 9.17) is 9.47 Å². The quantitative estimate of drug-likeness (QED) is 0.803. The van der Waals surface area contributed by atoms with Gasteiger partial charge in [-0.05, 0) is 18.2 Å². The maximum absolute atomic E-state index is 13.0. The normalized spacial score (nSPS) is 14.8. The van der Waals surface area contributed by atoms with Crippen molar-refractivity contribution in [1.82, 2.24) is 4.90 Å². The van der Waals surface area contributed by atoms with Crippen LogP contribution in [0.3, 0.4) is 0 Å². The Morgan fingerprint density at radius 2 is 1.75 bits per heavy atom. The van der Waals surface area contributed by atoms with Crippen molar-refractivity contribution in [3.8, 4) is 0 Å². The standard InChI is InChI=1S/C21H22N2O5/c1-15(24)22-18-9-5-8-17(14-18)21(26)28-19(16-6-3-2-4-7-16)20(25)23-10-12-27-13-11-23/h2-9,14,19H,10-13H2,1H3,(H,22,24)/t19-/m0/s1. The summed E-state index contributed by atoms with van der Waals surface area (Å²) in [6.45, 7) is 3.22. The van der Waals surface area contributed by atoms with Crippen molar-refractivity contribution in [2.24, 2.45) is 0 Å². The molecule has 0 spiro atoms. The highest BCUT2D eigenvalue weighted by Crippen LogP contribution is 2.23. The van der Waals surface area contributed by atoms with Crippen molar-refractivity contribution in [2.45, 2.75) is 13.0 Å². The van der Waals surface area contributed by atoms with E-state index in [1.165, 1.54) is 13.0 Å². The number of hydrogen-bond donors (Lipinski definition) is 1. The molecule has 7 heteroatoms. The zero-order valence-electron chi connectivity index (χ0n) is 15.6. The fraction of sp³-hybridized carbons (Fsp3) is 0.286. The molecular weight excluding hydrogens is 360 g/mol. The monoisotopic (exact) mass is 382 g/mol. The number of hydrogen-bond acceptors (Lipinski definition) is 5. The van der Waals surface area contributed by atoms with Gasteiger partial charge in [0.1, 0.15) is 0 Å². The lowest BCUT2D eigenvalue weighted by Crippen LogP contribution is -2.44. The van der Waals surface area contributed by atoms with Crippen LogP contribution in [0.4, 0.5) is 5.69 Å². The SMILES string of the molecule is CC(=O)Nc1cccc(C(=O)O[C@H](C(=O)N2CCOCC2)c2ccccc2)c1. The van der Waals surface area contributed by atoms with Crippen LogP contribution in [0.5, 0.6) is 0 Å². The summed E-state index contributed by atoms with van der Waals surface area (Å²) < 4.78 is 10.9. The van der Waals surface area contributed by atoms with E-state index in [9.17, 15) is 14.4 Å². The predicted octanol–water partition coefficient (Wildman–Crippen LogP) is 2.40. The molecule has 146 valence electrons. The molecule has 7 nitrogen and oxygen atoms in total. The Morgan fingerprint density at radius 3 is 2.43 bits per heavy atom. The van der Waals surface area contributed by atoms with E-state index in [0.29, 0.717) is 37.6 Å². The first-order valence-corrected chi connectivity index (χ1v) is 9.05. The summed E-state index contributed by atoms with van der Waals surface area (Å²) in [6.07, 6.45) is -1.05. The maximum atomic E-state index is 13.0. The number of amides is 2. The van der Waals surface area contributed by atoms with E-state index >= 15 is 0 Å². The minimum Gasteiger partial charge on any atom is -0.444 e. The fourth-order valence-corrected chi connectivity index (χ4v) is 2.94. The van der Waals surface area contributed by atoms with Crippen molar-refractivity contribution in [3.63, 3.8) is 0 Å². The van der Waals surface area contributed by atoms with Gasteiger partial charge in [0.05, 0.1) is 18.8 Å². The van der Waals surface area contributed by atoms with Crippen LogP contribution in [0.1, 0.15) is 28.9 Å². The first kappa shape index (κ1) is 19.6. The molecule has 0 saturated carbocycles. The number of benzene rings is 2. The lowest BCUT2D eigenvalue weighted by molar-refractivity contribution is -0.145. The Bertz CT molecular complexity index is 847. The number of esters is 1. The van der Waals surface area contributed by atoms with Gasteiger partial charge in [0.25, 0.3) is 5.91 Å². The summed E-state index contributed by atoms with van der Waals surface area (Å²) in [5, 5.41) is 2.62. The Labute approximate surface area is 163 Å². The molecule has 2 aromatic carbocycles. The fourth-order valence-electron chi connectivity index (χ4n) is 2.94. The molecule has 0 aromatic heterocycles. The molecule has 2 amide bonds. The summed E-state index contributed by atoms with van der Waals surface area (Å²) >= 11 is 0. The first-order chi connectivity index (χ1) is 13.5. The number of ether oxygens (including phenoxy) is 2. The Balaban J connectivity index is 1.82. The lowest BCUT2D eigenvalue weighted by Gasteiger charge is -2.30. The molecule has 1 atom stereocenters.